The Labute approximate surface area is 129 Å². The Balaban J connectivity index is 2.24. The highest BCUT2D eigenvalue weighted by molar-refractivity contribution is 7.09. The van der Waals surface area contributed by atoms with Crippen LogP contribution < -0.4 is 10.2 Å². The van der Waals surface area contributed by atoms with Crippen molar-refractivity contribution in [1.82, 2.24) is 10.3 Å². The average molecular weight is 310 g/mol. The van der Waals surface area contributed by atoms with Gasteiger partial charge in [-0.1, -0.05) is 30.7 Å². The summed E-state index contributed by atoms with van der Waals surface area (Å²) >= 11 is 8.09. The zero-order chi connectivity index (χ0) is 14.5. The molecule has 2 aromatic rings. The van der Waals surface area contributed by atoms with Crippen LogP contribution in [0.1, 0.15) is 23.1 Å². The average Bonchev–Trinajstić information content (AvgIpc) is 2.81. The Bertz CT molecular complexity index is 568. The first-order valence-corrected chi connectivity index (χ1v) is 7.97. The van der Waals surface area contributed by atoms with E-state index in [0.717, 1.165) is 36.0 Å². The van der Waals surface area contributed by atoms with Crippen molar-refractivity contribution in [3.63, 3.8) is 0 Å². The third-order valence-corrected chi connectivity index (χ3v) is 4.47. The molecule has 0 aliphatic carbocycles. The molecule has 0 aliphatic heterocycles. The summed E-state index contributed by atoms with van der Waals surface area (Å²) in [6.07, 6.45) is 0. The van der Waals surface area contributed by atoms with E-state index >= 15 is 0 Å². The molecule has 0 radical (unpaired) electrons. The first-order chi connectivity index (χ1) is 9.63. The quantitative estimate of drug-likeness (QED) is 0.878. The number of para-hydroxylation sites is 1. The van der Waals surface area contributed by atoms with Gasteiger partial charge >= 0.3 is 0 Å². The van der Waals surface area contributed by atoms with Gasteiger partial charge in [-0.15, -0.1) is 11.3 Å². The van der Waals surface area contributed by atoms with Crippen molar-refractivity contribution >= 4 is 28.6 Å². The molecule has 0 aliphatic rings. The number of benzene rings is 1. The number of hydrogen-bond acceptors (Lipinski definition) is 4. The lowest BCUT2D eigenvalue weighted by atomic mass is 10.1. The second kappa shape index (κ2) is 7.07. The Morgan fingerprint density at radius 2 is 2.20 bits per heavy atom. The van der Waals surface area contributed by atoms with E-state index in [0.29, 0.717) is 0 Å². The van der Waals surface area contributed by atoms with Gasteiger partial charge < -0.3 is 10.2 Å². The van der Waals surface area contributed by atoms with Gasteiger partial charge in [-0.3, -0.25) is 0 Å². The van der Waals surface area contributed by atoms with Gasteiger partial charge in [0, 0.05) is 18.5 Å². The van der Waals surface area contributed by atoms with E-state index in [9.17, 15) is 0 Å². The predicted molar refractivity (Wildman–Crippen MR) is 87.8 cm³/mol. The number of nitrogens with zero attached hydrogens (tertiary/aromatic N) is 2. The molecule has 0 amide bonds. The zero-order valence-corrected chi connectivity index (χ0v) is 13.7. The fourth-order valence-electron chi connectivity index (χ4n) is 2.16. The lowest BCUT2D eigenvalue weighted by molar-refractivity contribution is 0.723. The first kappa shape index (κ1) is 15.3. The maximum atomic E-state index is 6.40. The molecule has 0 saturated heterocycles. The molecule has 108 valence electrons. The van der Waals surface area contributed by atoms with E-state index in [1.165, 1.54) is 10.4 Å². The van der Waals surface area contributed by atoms with Crippen molar-refractivity contribution in [2.45, 2.75) is 26.9 Å². The van der Waals surface area contributed by atoms with E-state index in [2.05, 4.69) is 35.2 Å². The molecule has 1 heterocycles. The van der Waals surface area contributed by atoms with Gasteiger partial charge in [0.2, 0.25) is 0 Å². The van der Waals surface area contributed by atoms with Crippen LogP contribution in [0.4, 0.5) is 5.69 Å². The van der Waals surface area contributed by atoms with Crippen LogP contribution >= 0.6 is 22.9 Å². The van der Waals surface area contributed by atoms with Gasteiger partial charge in [0.25, 0.3) is 0 Å². The number of aromatic nitrogens is 1. The van der Waals surface area contributed by atoms with Crippen LogP contribution in [0.15, 0.2) is 23.7 Å². The van der Waals surface area contributed by atoms with E-state index in [1.54, 1.807) is 11.3 Å². The summed E-state index contributed by atoms with van der Waals surface area (Å²) in [5.74, 6) is 0. The molecule has 0 atom stereocenters. The van der Waals surface area contributed by atoms with Crippen molar-refractivity contribution < 1.29 is 0 Å². The summed E-state index contributed by atoms with van der Waals surface area (Å²) in [5, 5.41) is 4.16. The number of aryl methyl sites for hydroxylation is 1. The molecular weight excluding hydrogens is 290 g/mol. The number of halogens is 1. The molecule has 0 bridgehead atoms. The highest BCUT2D eigenvalue weighted by Crippen LogP contribution is 2.31. The number of thiazole rings is 1. The largest absolute Gasteiger partial charge is 0.368 e. The summed E-state index contributed by atoms with van der Waals surface area (Å²) in [6.45, 7) is 6.77. The number of rotatable bonds is 6. The molecule has 1 aromatic carbocycles. The molecular formula is C15H20ClN3S. The van der Waals surface area contributed by atoms with Gasteiger partial charge in [-0.05, 0) is 25.1 Å². The molecule has 0 saturated carbocycles. The number of anilines is 1. The molecule has 5 heteroatoms. The Morgan fingerprint density at radius 1 is 1.40 bits per heavy atom. The lowest BCUT2D eigenvalue weighted by Gasteiger charge is -2.23. The maximum absolute atomic E-state index is 6.40. The second-order valence-corrected chi connectivity index (χ2v) is 6.09. The Morgan fingerprint density at radius 3 is 2.85 bits per heavy atom. The molecule has 3 nitrogen and oxygen atoms in total. The molecule has 0 fully saturated rings. The van der Waals surface area contributed by atoms with Crippen molar-refractivity contribution in [2.75, 3.05) is 18.5 Å². The van der Waals surface area contributed by atoms with Crippen molar-refractivity contribution in [3.05, 3.63) is 44.9 Å². The highest BCUT2D eigenvalue weighted by Gasteiger charge is 2.13. The van der Waals surface area contributed by atoms with Crippen LogP contribution in [0.25, 0.3) is 0 Å². The van der Waals surface area contributed by atoms with E-state index in [1.807, 2.05) is 24.6 Å². The summed E-state index contributed by atoms with van der Waals surface area (Å²) in [5.41, 5.74) is 5.32. The highest BCUT2D eigenvalue weighted by atomic mass is 35.5. The van der Waals surface area contributed by atoms with Crippen LogP contribution in [-0.2, 0) is 13.1 Å². The number of nitrogens with one attached hydrogen (secondary N) is 1. The maximum Gasteiger partial charge on any atom is 0.0798 e. The molecule has 0 spiro atoms. The van der Waals surface area contributed by atoms with Gasteiger partial charge in [0.15, 0.2) is 0 Å². The van der Waals surface area contributed by atoms with Crippen molar-refractivity contribution in [1.29, 1.82) is 0 Å². The van der Waals surface area contributed by atoms with Gasteiger partial charge in [-0.25, -0.2) is 4.98 Å². The second-order valence-electron chi connectivity index (χ2n) is 4.74. The Hall–Kier alpha value is -1.10. The normalized spacial score (nSPS) is 10.8. The fraction of sp³-hybridized carbons (Fsp3) is 0.400. The smallest absolute Gasteiger partial charge is 0.0798 e. The third-order valence-electron chi connectivity index (χ3n) is 3.24. The van der Waals surface area contributed by atoms with Crippen LogP contribution in [0.5, 0.6) is 0 Å². The van der Waals surface area contributed by atoms with Crippen LogP contribution in [-0.4, -0.2) is 18.6 Å². The van der Waals surface area contributed by atoms with Crippen molar-refractivity contribution in [3.8, 4) is 0 Å². The molecule has 0 unspecified atom stereocenters. The third kappa shape index (κ3) is 3.51. The predicted octanol–water partition coefficient (Wildman–Crippen LogP) is 3.85. The van der Waals surface area contributed by atoms with Gasteiger partial charge in [-0.2, -0.15) is 0 Å². The summed E-state index contributed by atoms with van der Waals surface area (Å²) in [4.78, 5) is 7.79. The molecule has 1 aromatic heterocycles. The standard InChI is InChI=1S/C15H20ClN3S/c1-4-17-8-12-6-5-7-13(16)15(12)19(3)9-14-11(2)18-10-20-14/h5-7,10,17H,4,8-9H2,1-3H3. The van der Waals surface area contributed by atoms with Crippen LogP contribution in [0.2, 0.25) is 5.02 Å². The minimum absolute atomic E-state index is 0.796. The first-order valence-electron chi connectivity index (χ1n) is 6.71. The summed E-state index contributed by atoms with van der Waals surface area (Å²) < 4.78 is 0. The van der Waals surface area contributed by atoms with E-state index in [-0.39, 0.29) is 0 Å². The lowest BCUT2D eigenvalue weighted by Crippen LogP contribution is -2.21. The van der Waals surface area contributed by atoms with Gasteiger partial charge in [0.1, 0.15) is 0 Å². The molecule has 2 rings (SSSR count). The minimum atomic E-state index is 0.796. The SMILES string of the molecule is CCNCc1cccc(Cl)c1N(C)Cc1scnc1C. The monoisotopic (exact) mass is 309 g/mol. The van der Waals surface area contributed by atoms with E-state index < -0.39 is 0 Å². The minimum Gasteiger partial charge on any atom is -0.368 e. The Kier molecular flexibility index (Phi) is 5.40. The topological polar surface area (TPSA) is 28.2 Å². The van der Waals surface area contributed by atoms with Crippen LogP contribution in [0, 0.1) is 6.92 Å². The fourth-order valence-corrected chi connectivity index (χ4v) is 3.33. The molecule has 20 heavy (non-hydrogen) atoms. The number of hydrogen-bond donors (Lipinski definition) is 1. The zero-order valence-electron chi connectivity index (χ0n) is 12.1. The van der Waals surface area contributed by atoms with Gasteiger partial charge in [0.05, 0.1) is 28.5 Å². The summed E-state index contributed by atoms with van der Waals surface area (Å²) in [7, 11) is 2.08. The molecule has 1 N–H and O–H groups in total. The van der Waals surface area contributed by atoms with E-state index in [4.69, 9.17) is 11.6 Å². The summed E-state index contributed by atoms with van der Waals surface area (Å²) in [6, 6.07) is 6.08. The van der Waals surface area contributed by atoms with Crippen LogP contribution in [0.3, 0.4) is 0 Å². The van der Waals surface area contributed by atoms with Crippen molar-refractivity contribution in [2.24, 2.45) is 0 Å².